The summed E-state index contributed by atoms with van der Waals surface area (Å²) in [6.45, 7) is 4.72. The largest absolute Gasteiger partial charge is 0.356 e. The molecule has 1 aliphatic carbocycles. The van der Waals surface area contributed by atoms with E-state index in [4.69, 9.17) is 0 Å². The number of aryl methyl sites for hydroxylation is 2. The standard InChI is InChI=1S/C18H27NO2S/c1-13-12-16(14(2)22-13)17(20)9-10-18(21)19-11-5-8-15-6-3-4-7-15/h12,15H,3-11H2,1-2H3,(H,19,21). The van der Waals surface area contributed by atoms with E-state index in [1.165, 1.54) is 32.1 Å². The van der Waals surface area contributed by atoms with Gasteiger partial charge in [-0.1, -0.05) is 25.7 Å². The number of hydrogen-bond donors (Lipinski definition) is 1. The van der Waals surface area contributed by atoms with Gasteiger partial charge in [0.15, 0.2) is 5.78 Å². The van der Waals surface area contributed by atoms with Gasteiger partial charge in [-0.05, 0) is 38.7 Å². The lowest BCUT2D eigenvalue weighted by atomic mass is 10.0. The average Bonchev–Trinajstić information content (AvgIpc) is 3.10. The van der Waals surface area contributed by atoms with Crippen LogP contribution in [-0.2, 0) is 4.79 Å². The molecule has 0 bridgehead atoms. The van der Waals surface area contributed by atoms with Crippen LogP contribution >= 0.6 is 11.3 Å². The molecule has 1 saturated carbocycles. The summed E-state index contributed by atoms with van der Waals surface area (Å²) in [5, 5.41) is 2.94. The maximum absolute atomic E-state index is 12.1. The van der Waals surface area contributed by atoms with Gasteiger partial charge in [0.2, 0.25) is 5.91 Å². The minimum atomic E-state index is 0.00405. The van der Waals surface area contributed by atoms with Gasteiger partial charge < -0.3 is 5.32 Å². The molecule has 1 amide bonds. The molecule has 0 aromatic carbocycles. The third-order valence-electron chi connectivity index (χ3n) is 4.51. The molecule has 1 N–H and O–H groups in total. The topological polar surface area (TPSA) is 46.2 Å². The van der Waals surface area contributed by atoms with Gasteiger partial charge in [-0.3, -0.25) is 9.59 Å². The summed E-state index contributed by atoms with van der Waals surface area (Å²) in [4.78, 5) is 26.1. The number of carbonyl (C=O) groups excluding carboxylic acids is 2. The second-order valence-electron chi connectivity index (χ2n) is 6.39. The van der Waals surface area contributed by atoms with Crippen molar-refractivity contribution in [3.8, 4) is 0 Å². The fraction of sp³-hybridized carbons (Fsp3) is 0.667. The first kappa shape index (κ1) is 17.2. The Morgan fingerprint density at radius 3 is 2.59 bits per heavy atom. The van der Waals surface area contributed by atoms with Crippen LogP contribution in [0.2, 0.25) is 0 Å². The Morgan fingerprint density at radius 2 is 1.95 bits per heavy atom. The van der Waals surface area contributed by atoms with Gasteiger partial charge in [-0.25, -0.2) is 0 Å². The zero-order chi connectivity index (χ0) is 15.9. The molecule has 1 fully saturated rings. The van der Waals surface area contributed by atoms with E-state index in [1.807, 2.05) is 19.9 Å². The summed E-state index contributed by atoms with van der Waals surface area (Å²) in [5.41, 5.74) is 0.788. The van der Waals surface area contributed by atoms with Crippen molar-refractivity contribution in [3.05, 3.63) is 21.4 Å². The zero-order valence-corrected chi connectivity index (χ0v) is 14.6. The van der Waals surface area contributed by atoms with E-state index in [9.17, 15) is 9.59 Å². The predicted octanol–water partition coefficient (Wildman–Crippen LogP) is 4.41. The van der Waals surface area contributed by atoms with Crippen LogP contribution in [0, 0.1) is 19.8 Å². The Balaban J connectivity index is 1.60. The smallest absolute Gasteiger partial charge is 0.220 e. The molecule has 1 aromatic heterocycles. The molecule has 3 nitrogen and oxygen atoms in total. The highest BCUT2D eigenvalue weighted by molar-refractivity contribution is 7.12. The van der Waals surface area contributed by atoms with Crippen molar-refractivity contribution in [3.63, 3.8) is 0 Å². The van der Waals surface area contributed by atoms with E-state index < -0.39 is 0 Å². The number of amides is 1. The summed E-state index contributed by atoms with van der Waals surface area (Å²) in [6.07, 6.45) is 8.38. The van der Waals surface area contributed by atoms with Crippen molar-refractivity contribution in [1.82, 2.24) is 5.32 Å². The minimum absolute atomic E-state index is 0.00405. The third-order valence-corrected chi connectivity index (χ3v) is 5.47. The van der Waals surface area contributed by atoms with Crippen LogP contribution in [0.4, 0.5) is 0 Å². The summed E-state index contributed by atoms with van der Waals surface area (Å²) in [6, 6.07) is 1.93. The van der Waals surface area contributed by atoms with Gasteiger partial charge in [0, 0.05) is 34.7 Å². The molecule has 0 unspecified atom stereocenters. The number of Topliss-reactive ketones (excluding diaryl/α,β-unsaturated/α-hetero) is 1. The van der Waals surface area contributed by atoms with Crippen LogP contribution < -0.4 is 5.32 Å². The SMILES string of the molecule is Cc1cc(C(=O)CCC(=O)NCCCC2CCCC2)c(C)s1. The van der Waals surface area contributed by atoms with Gasteiger partial charge in [-0.15, -0.1) is 11.3 Å². The highest BCUT2D eigenvalue weighted by Crippen LogP contribution is 2.28. The van der Waals surface area contributed by atoms with Gasteiger partial charge in [0.05, 0.1) is 0 Å². The van der Waals surface area contributed by atoms with E-state index in [1.54, 1.807) is 11.3 Å². The van der Waals surface area contributed by atoms with Crippen LogP contribution in [0.1, 0.15) is 71.5 Å². The average molecular weight is 321 g/mol. The predicted molar refractivity (Wildman–Crippen MR) is 91.6 cm³/mol. The minimum Gasteiger partial charge on any atom is -0.356 e. The summed E-state index contributed by atoms with van der Waals surface area (Å²) in [5.74, 6) is 0.968. The molecule has 2 rings (SSSR count). The first-order chi connectivity index (χ1) is 10.6. The normalized spacial score (nSPS) is 15.2. The summed E-state index contributed by atoms with van der Waals surface area (Å²) < 4.78 is 0. The Morgan fingerprint density at radius 1 is 1.23 bits per heavy atom. The fourth-order valence-electron chi connectivity index (χ4n) is 3.28. The van der Waals surface area contributed by atoms with E-state index >= 15 is 0 Å². The summed E-state index contributed by atoms with van der Waals surface area (Å²) >= 11 is 1.64. The Hall–Kier alpha value is -1.16. The van der Waals surface area contributed by atoms with Gasteiger partial charge in [-0.2, -0.15) is 0 Å². The van der Waals surface area contributed by atoms with E-state index in [0.717, 1.165) is 34.2 Å². The fourth-order valence-corrected chi connectivity index (χ4v) is 4.22. The molecule has 0 radical (unpaired) electrons. The highest BCUT2D eigenvalue weighted by atomic mass is 32.1. The zero-order valence-electron chi connectivity index (χ0n) is 13.7. The van der Waals surface area contributed by atoms with Crippen LogP contribution in [0.5, 0.6) is 0 Å². The number of rotatable bonds is 8. The van der Waals surface area contributed by atoms with Gasteiger partial charge in [0.25, 0.3) is 0 Å². The number of hydrogen-bond acceptors (Lipinski definition) is 3. The molecule has 4 heteroatoms. The molecular formula is C18H27NO2S. The molecule has 1 aromatic rings. The quantitative estimate of drug-likeness (QED) is 0.569. The maximum atomic E-state index is 12.1. The van der Waals surface area contributed by atoms with Gasteiger partial charge in [0.1, 0.15) is 0 Å². The van der Waals surface area contributed by atoms with E-state index in [-0.39, 0.29) is 11.7 Å². The Kier molecular flexibility index (Phi) is 6.62. The van der Waals surface area contributed by atoms with Crippen molar-refractivity contribution in [2.75, 3.05) is 6.54 Å². The molecular weight excluding hydrogens is 294 g/mol. The van der Waals surface area contributed by atoms with Crippen molar-refractivity contribution in [2.24, 2.45) is 5.92 Å². The van der Waals surface area contributed by atoms with Crippen molar-refractivity contribution in [1.29, 1.82) is 0 Å². The second-order valence-corrected chi connectivity index (χ2v) is 7.85. The number of ketones is 1. The second kappa shape index (κ2) is 8.47. The molecule has 1 heterocycles. The first-order valence-electron chi connectivity index (χ1n) is 8.43. The lowest BCUT2D eigenvalue weighted by Crippen LogP contribution is -2.25. The maximum Gasteiger partial charge on any atom is 0.220 e. The molecule has 0 atom stereocenters. The van der Waals surface area contributed by atoms with E-state index in [0.29, 0.717) is 12.8 Å². The lowest BCUT2D eigenvalue weighted by molar-refractivity contribution is -0.121. The molecule has 0 aliphatic heterocycles. The van der Waals surface area contributed by atoms with Crippen molar-refractivity contribution >= 4 is 23.0 Å². The number of nitrogens with one attached hydrogen (secondary N) is 1. The van der Waals surface area contributed by atoms with Crippen LogP contribution in [0.3, 0.4) is 0 Å². The number of carbonyl (C=O) groups is 2. The monoisotopic (exact) mass is 321 g/mol. The van der Waals surface area contributed by atoms with Crippen LogP contribution in [0.25, 0.3) is 0 Å². The Labute approximate surface area is 137 Å². The molecule has 122 valence electrons. The van der Waals surface area contributed by atoms with E-state index in [2.05, 4.69) is 5.32 Å². The highest BCUT2D eigenvalue weighted by Gasteiger charge is 2.15. The molecule has 0 saturated heterocycles. The molecule has 0 spiro atoms. The van der Waals surface area contributed by atoms with Crippen LogP contribution in [0.15, 0.2) is 6.07 Å². The Bertz CT molecular complexity index is 515. The molecule has 1 aliphatic rings. The van der Waals surface area contributed by atoms with Crippen LogP contribution in [-0.4, -0.2) is 18.2 Å². The van der Waals surface area contributed by atoms with Gasteiger partial charge >= 0.3 is 0 Å². The number of thiophene rings is 1. The summed E-state index contributed by atoms with van der Waals surface area (Å²) in [7, 11) is 0. The van der Waals surface area contributed by atoms with Crippen molar-refractivity contribution < 1.29 is 9.59 Å². The third kappa shape index (κ3) is 5.24. The first-order valence-corrected chi connectivity index (χ1v) is 9.25. The van der Waals surface area contributed by atoms with Crippen molar-refractivity contribution in [2.45, 2.75) is 65.2 Å². The molecule has 22 heavy (non-hydrogen) atoms. The lowest BCUT2D eigenvalue weighted by Gasteiger charge is -2.09.